The van der Waals surface area contributed by atoms with Crippen LogP contribution in [-0.2, 0) is 16.1 Å². The van der Waals surface area contributed by atoms with Crippen molar-refractivity contribution < 1.29 is 14.0 Å². The van der Waals surface area contributed by atoms with Gasteiger partial charge in [-0.2, -0.15) is 0 Å². The zero-order valence-electron chi connectivity index (χ0n) is 10.1. The van der Waals surface area contributed by atoms with Gasteiger partial charge in [-0.05, 0) is 12.5 Å². The summed E-state index contributed by atoms with van der Waals surface area (Å²) in [6.07, 6.45) is 0.923. The van der Waals surface area contributed by atoms with E-state index in [-0.39, 0.29) is 24.2 Å². The van der Waals surface area contributed by atoms with Gasteiger partial charge in [0.05, 0.1) is 0 Å². The third-order valence-electron chi connectivity index (χ3n) is 3.21. The Hall–Kier alpha value is -1.91. The highest BCUT2D eigenvalue weighted by molar-refractivity contribution is 5.90. The maximum atomic E-state index is 13.3. The van der Waals surface area contributed by atoms with E-state index in [9.17, 15) is 14.0 Å². The monoisotopic (exact) mass is 250 g/mol. The molecule has 1 N–H and O–H groups in total. The van der Waals surface area contributed by atoms with Crippen molar-refractivity contribution in [3.05, 3.63) is 35.6 Å². The van der Waals surface area contributed by atoms with Gasteiger partial charge in [0.1, 0.15) is 11.9 Å². The number of likely N-dealkylation sites (N-methyl/N-ethyl adjacent to an activating group) is 1. The molecule has 0 spiro atoms. The van der Waals surface area contributed by atoms with E-state index in [1.54, 1.807) is 25.2 Å². The molecule has 0 aliphatic carbocycles. The highest BCUT2D eigenvalue weighted by Gasteiger charge is 2.32. The molecule has 0 bridgehead atoms. The molecule has 1 aromatic rings. The predicted molar refractivity (Wildman–Crippen MR) is 64.0 cm³/mol. The van der Waals surface area contributed by atoms with Crippen LogP contribution in [0.1, 0.15) is 18.4 Å². The second-order valence-electron chi connectivity index (χ2n) is 4.37. The fourth-order valence-electron chi connectivity index (χ4n) is 2.05. The van der Waals surface area contributed by atoms with Gasteiger partial charge < -0.3 is 10.2 Å². The highest BCUT2D eigenvalue weighted by atomic mass is 19.1. The second kappa shape index (κ2) is 5.16. The van der Waals surface area contributed by atoms with Crippen LogP contribution in [0.5, 0.6) is 0 Å². The van der Waals surface area contributed by atoms with Gasteiger partial charge >= 0.3 is 0 Å². The van der Waals surface area contributed by atoms with Crippen LogP contribution < -0.4 is 5.32 Å². The Kier molecular flexibility index (Phi) is 3.60. The maximum Gasteiger partial charge on any atom is 0.243 e. The Morgan fingerprint density at radius 2 is 2.22 bits per heavy atom. The molecular weight excluding hydrogens is 235 g/mol. The molecule has 1 aliphatic rings. The van der Waals surface area contributed by atoms with Crippen molar-refractivity contribution >= 4 is 11.8 Å². The molecule has 1 unspecified atom stereocenters. The van der Waals surface area contributed by atoms with E-state index in [1.807, 2.05) is 0 Å². The van der Waals surface area contributed by atoms with E-state index in [0.717, 1.165) is 0 Å². The van der Waals surface area contributed by atoms with Crippen LogP contribution in [0, 0.1) is 5.82 Å². The van der Waals surface area contributed by atoms with Gasteiger partial charge in [0.25, 0.3) is 0 Å². The van der Waals surface area contributed by atoms with Crippen molar-refractivity contribution in [1.82, 2.24) is 10.2 Å². The molecule has 0 radical (unpaired) electrons. The van der Waals surface area contributed by atoms with Crippen LogP contribution in [0.25, 0.3) is 0 Å². The van der Waals surface area contributed by atoms with Gasteiger partial charge in [-0.1, -0.05) is 18.2 Å². The lowest BCUT2D eigenvalue weighted by Crippen LogP contribution is -2.42. The number of benzene rings is 1. The quantitative estimate of drug-likeness (QED) is 0.872. The lowest BCUT2D eigenvalue weighted by atomic mass is 10.2. The van der Waals surface area contributed by atoms with Gasteiger partial charge in [-0.15, -0.1) is 0 Å². The summed E-state index contributed by atoms with van der Waals surface area (Å²) in [5.74, 6) is -0.596. The predicted octanol–water partition coefficient (Wildman–Crippen LogP) is 1.06. The Morgan fingerprint density at radius 3 is 2.83 bits per heavy atom. The topological polar surface area (TPSA) is 49.4 Å². The average molecular weight is 250 g/mol. The molecule has 1 saturated heterocycles. The molecule has 0 saturated carbocycles. The summed E-state index contributed by atoms with van der Waals surface area (Å²) < 4.78 is 13.3. The Labute approximate surface area is 105 Å². The average Bonchev–Trinajstić information content (AvgIpc) is 2.69. The van der Waals surface area contributed by atoms with Crippen LogP contribution in [0.2, 0.25) is 0 Å². The number of amides is 2. The number of carbonyl (C=O) groups is 2. The summed E-state index contributed by atoms with van der Waals surface area (Å²) in [6, 6.07) is 5.87. The molecular formula is C13H15FN2O2. The molecule has 2 rings (SSSR count). The first kappa shape index (κ1) is 12.5. The van der Waals surface area contributed by atoms with Gasteiger partial charge in [-0.25, -0.2) is 4.39 Å². The minimum absolute atomic E-state index is 0.0268. The number of halogens is 1. The van der Waals surface area contributed by atoms with E-state index >= 15 is 0 Å². The number of carbonyl (C=O) groups excluding carboxylic acids is 2. The lowest BCUT2D eigenvalue weighted by Gasteiger charge is -2.19. The second-order valence-corrected chi connectivity index (χ2v) is 4.37. The number of nitrogens with one attached hydrogen (secondary N) is 1. The zero-order valence-corrected chi connectivity index (χ0v) is 10.1. The number of rotatable bonds is 3. The summed E-state index contributed by atoms with van der Waals surface area (Å²) in [6.45, 7) is 0.143. The first-order valence-corrected chi connectivity index (χ1v) is 5.86. The first-order valence-electron chi connectivity index (χ1n) is 5.86. The molecule has 1 heterocycles. The summed E-state index contributed by atoms with van der Waals surface area (Å²) in [4.78, 5) is 24.6. The van der Waals surface area contributed by atoms with Crippen LogP contribution in [-0.4, -0.2) is 29.8 Å². The Bertz CT molecular complexity index is 476. The van der Waals surface area contributed by atoms with E-state index < -0.39 is 6.04 Å². The largest absolute Gasteiger partial charge is 0.350 e. The lowest BCUT2D eigenvalue weighted by molar-refractivity contribution is -0.133. The molecule has 1 aliphatic heterocycles. The third kappa shape index (κ3) is 2.50. The van der Waals surface area contributed by atoms with Crippen molar-refractivity contribution in [1.29, 1.82) is 0 Å². The van der Waals surface area contributed by atoms with Gasteiger partial charge in [0, 0.05) is 25.6 Å². The van der Waals surface area contributed by atoms with Crippen LogP contribution in [0.15, 0.2) is 24.3 Å². The van der Waals surface area contributed by atoms with Gasteiger partial charge in [-0.3, -0.25) is 9.59 Å². The molecule has 96 valence electrons. The number of nitrogens with zero attached hydrogens (tertiary/aromatic N) is 1. The molecule has 1 fully saturated rings. The fourth-order valence-corrected chi connectivity index (χ4v) is 2.05. The molecule has 1 aromatic carbocycles. The Balaban J connectivity index is 1.93. The number of likely N-dealkylation sites (tertiary alicyclic amines) is 1. The molecule has 18 heavy (non-hydrogen) atoms. The van der Waals surface area contributed by atoms with Crippen LogP contribution in [0.4, 0.5) is 4.39 Å². The van der Waals surface area contributed by atoms with E-state index in [4.69, 9.17) is 0 Å². The molecule has 2 amide bonds. The van der Waals surface area contributed by atoms with Gasteiger partial charge in [0.15, 0.2) is 0 Å². The summed E-state index contributed by atoms with van der Waals surface area (Å²) >= 11 is 0. The smallest absolute Gasteiger partial charge is 0.243 e. The van der Waals surface area contributed by atoms with E-state index in [2.05, 4.69) is 5.32 Å². The Morgan fingerprint density at radius 1 is 1.50 bits per heavy atom. The van der Waals surface area contributed by atoms with Crippen LogP contribution in [0.3, 0.4) is 0 Å². The van der Waals surface area contributed by atoms with Crippen molar-refractivity contribution in [2.45, 2.75) is 25.4 Å². The van der Waals surface area contributed by atoms with Crippen molar-refractivity contribution in [3.8, 4) is 0 Å². The zero-order chi connectivity index (χ0) is 13.1. The maximum absolute atomic E-state index is 13.3. The third-order valence-corrected chi connectivity index (χ3v) is 3.21. The van der Waals surface area contributed by atoms with Crippen molar-refractivity contribution in [3.63, 3.8) is 0 Å². The minimum Gasteiger partial charge on any atom is -0.350 e. The van der Waals surface area contributed by atoms with E-state index in [0.29, 0.717) is 18.4 Å². The van der Waals surface area contributed by atoms with Crippen molar-refractivity contribution in [2.24, 2.45) is 0 Å². The summed E-state index contributed by atoms with van der Waals surface area (Å²) in [7, 11) is 1.61. The summed E-state index contributed by atoms with van der Waals surface area (Å²) in [5.41, 5.74) is 0.442. The minimum atomic E-state index is -0.427. The highest BCUT2D eigenvalue weighted by Crippen LogP contribution is 2.16. The standard InChI is InChI=1S/C13H15FN2O2/c1-16-11(6-7-12(16)17)13(18)15-8-9-4-2-3-5-10(9)14/h2-5,11H,6-8H2,1H3,(H,15,18). The van der Waals surface area contributed by atoms with E-state index in [1.165, 1.54) is 11.0 Å². The molecule has 5 heteroatoms. The molecule has 1 atom stereocenters. The summed E-state index contributed by atoms with van der Waals surface area (Å²) in [5, 5.41) is 2.66. The van der Waals surface area contributed by atoms with Crippen LogP contribution >= 0.6 is 0 Å². The first-order chi connectivity index (χ1) is 8.59. The fraction of sp³-hybridized carbons (Fsp3) is 0.385. The normalized spacial score (nSPS) is 19.1. The number of hydrogen-bond acceptors (Lipinski definition) is 2. The van der Waals surface area contributed by atoms with Gasteiger partial charge in [0.2, 0.25) is 11.8 Å². The SMILES string of the molecule is CN1C(=O)CCC1C(=O)NCc1ccccc1F. The molecule has 4 nitrogen and oxygen atoms in total. The van der Waals surface area contributed by atoms with Crippen molar-refractivity contribution in [2.75, 3.05) is 7.05 Å². The number of hydrogen-bond donors (Lipinski definition) is 1. The molecule has 0 aromatic heterocycles.